The summed E-state index contributed by atoms with van der Waals surface area (Å²) < 4.78 is 6.71. The molecule has 0 amide bonds. The van der Waals surface area contributed by atoms with Crippen molar-refractivity contribution in [2.24, 2.45) is 0 Å². The quantitative estimate of drug-likeness (QED) is 0.249. The van der Waals surface area contributed by atoms with Crippen molar-refractivity contribution in [3.63, 3.8) is 0 Å². The molecule has 3 aromatic rings. The predicted molar refractivity (Wildman–Crippen MR) is 109 cm³/mol. The molecule has 3 aromatic carbocycles. The predicted octanol–water partition coefficient (Wildman–Crippen LogP) is 3.39. The minimum absolute atomic E-state index is 0. The summed E-state index contributed by atoms with van der Waals surface area (Å²) in [6.45, 7) is 4.65. The van der Waals surface area contributed by atoms with E-state index in [4.69, 9.17) is 4.74 Å². The second-order valence-electron chi connectivity index (χ2n) is 6.54. The SMILES string of the molecule is [CH2-]CCCCCOC(c1ccccc1)(c1ccccc1)c1ccccc1.[Li+]. The molecule has 0 saturated heterocycles. The smallest absolute Gasteiger partial charge is 0.361 e. The molecule has 3 rings (SSSR count). The second kappa shape index (κ2) is 11.1. The van der Waals surface area contributed by atoms with Crippen LogP contribution in [0.4, 0.5) is 0 Å². The zero-order valence-electron chi connectivity index (χ0n) is 16.3. The van der Waals surface area contributed by atoms with Gasteiger partial charge in [0.25, 0.3) is 0 Å². The van der Waals surface area contributed by atoms with Gasteiger partial charge in [0, 0.05) is 6.61 Å². The van der Waals surface area contributed by atoms with Gasteiger partial charge in [-0.15, -0.1) is 0 Å². The molecular formula is C25H27LiO. The number of unbranched alkanes of at least 4 members (excludes halogenated alkanes) is 3. The van der Waals surface area contributed by atoms with Crippen molar-refractivity contribution in [3.8, 4) is 0 Å². The van der Waals surface area contributed by atoms with Crippen molar-refractivity contribution in [2.75, 3.05) is 6.61 Å². The maximum absolute atomic E-state index is 6.71. The normalized spacial score (nSPS) is 11.0. The van der Waals surface area contributed by atoms with Gasteiger partial charge in [0.05, 0.1) is 0 Å². The summed E-state index contributed by atoms with van der Waals surface area (Å²) in [5.74, 6) is 0. The molecule has 1 nitrogen and oxygen atoms in total. The molecule has 0 unspecified atom stereocenters. The molecule has 0 heterocycles. The van der Waals surface area contributed by atoms with Crippen LogP contribution in [-0.2, 0) is 10.3 Å². The number of hydrogen-bond donors (Lipinski definition) is 0. The van der Waals surface area contributed by atoms with Gasteiger partial charge in [-0.05, 0) is 23.1 Å². The van der Waals surface area contributed by atoms with E-state index in [9.17, 15) is 0 Å². The molecular weight excluding hydrogens is 323 g/mol. The Balaban J connectivity index is 0.00000261. The van der Waals surface area contributed by atoms with Crippen LogP contribution in [0.2, 0.25) is 0 Å². The van der Waals surface area contributed by atoms with Crippen molar-refractivity contribution in [1.82, 2.24) is 0 Å². The zero-order chi connectivity index (χ0) is 18.1. The van der Waals surface area contributed by atoms with Crippen LogP contribution in [0.5, 0.6) is 0 Å². The van der Waals surface area contributed by atoms with Crippen LogP contribution in [0, 0.1) is 6.92 Å². The molecule has 0 spiro atoms. The summed E-state index contributed by atoms with van der Waals surface area (Å²) in [5.41, 5.74) is 2.90. The molecule has 0 radical (unpaired) electrons. The van der Waals surface area contributed by atoms with E-state index in [0.717, 1.165) is 49.0 Å². The Bertz CT molecular complexity index is 659. The van der Waals surface area contributed by atoms with Gasteiger partial charge < -0.3 is 11.7 Å². The zero-order valence-corrected chi connectivity index (χ0v) is 16.3. The first-order chi connectivity index (χ1) is 12.9. The summed E-state index contributed by atoms with van der Waals surface area (Å²) in [7, 11) is 0. The first-order valence-electron chi connectivity index (χ1n) is 9.47. The Morgan fingerprint density at radius 2 is 1.00 bits per heavy atom. The molecule has 0 atom stereocenters. The van der Waals surface area contributed by atoms with E-state index in [1.165, 1.54) is 0 Å². The Kier molecular flexibility index (Phi) is 8.89. The number of ether oxygens (including phenoxy) is 1. The third-order valence-electron chi connectivity index (χ3n) is 4.75. The summed E-state index contributed by atoms with van der Waals surface area (Å²) >= 11 is 0. The second-order valence-corrected chi connectivity index (χ2v) is 6.54. The Morgan fingerprint density at radius 3 is 1.37 bits per heavy atom. The van der Waals surface area contributed by atoms with Gasteiger partial charge in [-0.2, -0.15) is 6.42 Å². The maximum Gasteiger partial charge on any atom is 1.00 e. The monoisotopic (exact) mass is 350 g/mol. The van der Waals surface area contributed by atoms with Gasteiger partial charge >= 0.3 is 18.9 Å². The van der Waals surface area contributed by atoms with Gasteiger partial charge in [-0.3, -0.25) is 0 Å². The average Bonchev–Trinajstić information content (AvgIpc) is 2.73. The number of hydrogen-bond acceptors (Lipinski definition) is 1. The van der Waals surface area contributed by atoms with E-state index in [0.29, 0.717) is 0 Å². The molecule has 0 aliphatic carbocycles. The van der Waals surface area contributed by atoms with Crippen LogP contribution in [0.15, 0.2) is 91.0 Å². The molecule has 0 bridgehead atoms. The van der Waals surface area contributed by atoms with Crippen molar-refractivity contribution in [2.45, 2.75) is 31.3 Å². The molecule has 134 valence electrons. The van der Waals surface area contributed by atoms with Crippen molar-refractivity contribution >= 4 is 0 Å². The average molecular weight is 350 g/mol. The molecule has 0 saturated carbocycles. The van der Waals surface area contributed by atoms with Gasteiger partial charge in [0.15, 0.2) is 0 Å². The number of rotatable bonds is 9. The number of benzene rings is 3. The standard InChI is InChI=1S/C25H27O.Li/c1-2-3-4-14-21-26-25(22-15-8-5-9-16-22,23-17-10-6-11-18-23)24-19-12-7-13-20-24;/h5-13,15-20H,1-4,14,21H2;/q-1;+1. The van der Waals surface area contributed by atoms with E-state index in [1.54, 1.807) is 0 Å². The van der Waals surface area contributed by atoms with Crippen molar-refractivity contribution in [1.29, 1.82) is 0 Å². The van der Waals surface area contributed by atoms with E-state index < -0.39 is 5.60 Å². The minimum atomic E-state index is -0.589. The van der Waals surface area contributed by atoms with Crippen LogP contribution in [0.25, 0.3) is 0 Å². The van der Waals surface area contributed by atoms with Crippen LogP contribution in [0.1, 0.15) is 42.4 Å². The van der Waals surface area contributed by atoms with Gasteiger partial charge in [0.1, 0.15) is 5.60 Å². The molecule has 0 aromatic heterocycles. The van der Waals surface area contributed by atoms with E-state index in [-0.39, 0.29) is 18.9 Å². The fourth-order valence-electron chi connectivity index (χ4n) is 3.45. The van der Waals surface area contributed by atoms with E-state index in [1.807, 2.05) is 0 Å². The molecule has 27 heavy (non-hydrogen) atoms. The topological polar surface area (TPSA) is 9.23 Å². The van der Waals surface area contributed by atoms with Gasteiger partial charge in [0.2, 0.25) is 0 Å². The molecule has 0 aliphatic heterocycles. The Hall–Kier alpha value is -1.78. The van der Waals surface area contributed by atoms with Gasteiger partial charge in [-0.25, -0.2) is 0 Å². The maximum atomic E-state index is 6.71. The van der Waals surface area contributed by atoms with Crippen LogP contribution < -0.4 is 18.9 Å². The first kappa shape index (κ1) is 21.5. The summed E-state index contributed by atoms with van der Waals surface area (Å²) in [4.78, 5) is 0. The fourth-order valence-corrected chi connectivity index (χ4v) is 3.45. The molecule has 0 aliphatic rings. The van der Waals surface area contributed by atoms with Gasteiger partial charge in [-0.1, -0.05) is 104 Å². The molecule has 2 heteroatoms. The third-order valence-corrected chi connectivity index (χ3v) is 4.75. The minimum Gasteiger partial charge on any atom is -0.361 e. The van der Waals surface area contributed by atoms with Crippen molar-refractivity contribution in [3.05, 3.63) is 115 Å². The van der Waals surface area contributed by atoms with Crippen LogP contribution >= 0.6 is 0 Å². The molecule has 0 fully saturated rings. The molecule has 0 N–H and O–H groups in total. The third kappa shape index (κ3) is 5.14. The van der Waals surface area contributed by atoms with E-state index >= 15 is 0 Å². The van der Waals surface area contributed by atoms with Crippen molar-refractivity contribution < 1.29 is 23.6 Å². The summed E-state index contributed by atoms with van der Waals surface area (Å²) in [6, 6.07) is 31.7. The summed E-state index contributed by atoms with van der Waals surface area (Å²) in [6.07, 6.45) is 4.33. The van der Waals surface area contributed by atoms with E-state index in [2.05, 4.69) is 97.9 Å². The summed E-state index contributed by atoms with van der Waals surface area (Å²) in [5, 5.41) is 0. The first-order valence-corrected chi connectivity index (χ1v) is 9.47. The Morgan fingerprint density at radius 1 is 0.593 bits per heavy atom. The van der Waals surface area contributed by atoms with Crippen LogP contribution in [-0.4, -0.2) is 6.61 Å². The van der Waals surface area contributed by atoms with Crippen LogP contribution in [0.3, 0.4) is 0 Å². The fraction of sp³-hybridized carbons (Fsp3) is 0.240. The largest absolute Gasteiger partial charge is 1.00 e. The Labute approximate surface area is 176 Å².